The van der Waals surface area contributed by atoms with E-state index in [0.29, 0.717) is 27.8 Å². The molecule has 0 unspecified atom stereocenters. The van der Waals surface area contributed by atoms with Crippen LogP contribution in [0.1, 0.15) is 10.4 Å². The van der Waals surface area contributed by atoms with Gasteiger partial charge in [0, 0.05) is 5.56 Å². The quantitative estimate of drug-likeness (QED) is 0.765. The summed E-state index contributed by atoms with van der Waals surface area (Å²) in [7, 11) is 3.07. The number of ketones is 1. The van der Waals surface area contributed by atoms with Crippen LogP contribution in [0.25, 0.3) is 0 Å². The molecule has 2 rings (SSSR count). The highest BCUT2D eigenvalue weighted by molar-refractivity contribution is 6.32. The molecule has 0 N–H and O–H groups in total. The third-order valence-electron chi connectivity index (χ3n) is 2.90. The molecule has 0 amide bonds. The Balaban J connectivity index is 2.06. The van der Waals surface area contributed by atoms with Crippen LogP contribution >= 0.6 is 11.6 Å². The molecule has 4 nitrogen and oxygen atoms in total. The topological polar surface area (TPSA) is 44.8 Å². The number of hydrogen-bond acceptors (Lipinski definition) is 4. The standard InChI is InChI=1S/C16H15ClO4/c1-19-14-8-7-11(9-12(14)17)13(18)10-21-16-6-4-3-5-15(16)20-2/h3-9H,10H2,1-2H3. The molecule has 21 heavy (non-hydrogen) atoms. The third kappa shape index (κ3) is 3.67. The molecule has 5 heteroatoms. The fourth-order valence-electron chi connectivity index (χ4n) is 1.80. The minimum Gasteiger partial charge on any atom is -0.495 e. The molecule has 0 saturated carbocycles. The molecule has 2 aromatic carbocycles. The number of methoxy groups -OCH3 is 2. The van der Waals surface area contributed by atoms with Gasteiger partial charge in [0.15, 0.2) is 23.9 Å². The number of benzene rings is 2. The maximum atomic E-state index is 12.1. The first-order chi connectivity index (χ1) is 10.2. The second-order valence-electron chi connectivity index (χ2n) is 4.21. The van der Waals surface area contributed by atoms with Crippen LogP contribution < -0.4 is 14.2 Å². The summed E-state index contributed by atoms with van der Waals surface area (Å²) in [6, 6.07) is 12.0. The molecule has 2 aromatic rings. The van der Waals surface area contributed by atoms with Gasteiger partial charge in [0.2, 0.25) is 0 Å². The van der Waals surface area contributed by atoms with Gasteiger partial charge in [0.05, 0.1) is 19.2 Å². The normalized spacial score (nSPS) is 10.0. The Labute approximate surface area is 128 Å². The van der Waals surface area contributed by atoms with Crippen LogP contribution in [0.5, 0.6) is 17.2 Å². The van der Waals surface area contributed by atoms with Crippen molar-refractivity contribution in [3.05, 3.63) is 53.1 Å². The molecule has 0 heterocycles. The molecule has 0 fully saturated rings. The number of para-hydroxylation sites is 2. The van der Waals surface area contributed by atoms with Crippen molar-refractivity contribution in [3.63, 3.8) is 0 Å². The van der Waals surface area contributed by atoms with Gasteiger partial charge in [-0.1, -0.05) is 23.7 Å². The summed E-state index contributed by atoms with van der Waals surface area (Å²) < 4.78 is 15.7. The highest BCUT2D eigenvalue weighted by Crippen LogP contribution is 2.27. The van der Waals surface area contributed by atoms with Gasteiger partial charge in [-0.2, -0.15) is 0 Å². The van der Waals surface area contributed by atoms with Gasteiger partial charge in [-0.25, -0.2) is 0 Å². The van der Waals surface area contributed by atoms with Crippen molar-refractivity contribution in [3.8, 4) is 17.2 Å². The minimum atomic E-state index is -0.176. The molecule has 0 aliphatic heterocycles. The van der Waals surface area contributed by atoms with Crippen LogP contribution in [0, 0.1) is 0 Å². The molecule has 0 spiro atoms. The molecule has 0 aliphatic carbocycles. The SMILES string of the molecule is COc1ccc(C(=O)COc2ccccc2OC)cc1Cl. The zero-order valence-electron chi connectivity index (χ0n) is 11.8. The van der Waals surface area contributed by atoms with Gasteiger partial charge in [-0.3, -0.25) is 4.79 Å². The van der Waals surface area contributed by atoms with Crippen LogP contribution in [0.4, 0.5) is 0 Å². The lowest BCUT2D eigenvalue weighted by molar-refractivity contribution is 0.0919. The van der Waals surface area contributed by atoms with Crippen molar-refractivity contribution in [2.75, 3.05) is 20.8 Å². The van der Waals surface area contributed by atoms with Gasteiger partial charge in [0.1, 0.15) is 5.75 Å². The van der Waals surface area contributed by atoms with E-state index in [1.54, 1.807) is 37.4 Å². The molecule has 0 bridgehead atoms. The number of hydrogen-bond donors (Lipinski definition) is 0. The molecular weight excluding hydrogens is 292 g/mol. The van der Waals surface area contributed by atoms with Gasteiger partial charge >= 0.3 is 0 Å². The second-order valence-corrected chi connectivity index (χ2v) is 4.62. The first-order valence-electron chi connectivity index (χ1n) is 6.28. The fraction of sp³-hybridized carbons (Fsp3) is 0.188. The van der Waals surface area contributed by atoms with Crippen molar-refractivity contribution in [1.29, 1.82) is 0 Å². The number of halogens is 1. The Morgan fingerprint density at radius 2 is 1.67 bits per heavy atom. The van der Waals surface area contributed by atoms with Gasteiger partial charge in [-0.05, 0) is 30.3 Å². The number of ether oxygens (including phenoxy) is 3. The van der Waals surface area contributed by atoms with Crippen LogP contribution in [0.2, 0.25) is 5.02 Å². The summed E-state index contributed by atoms with van der Waals surface area (Å²) >= 11 is 6.00. The predicted octanol–water partition coefficient (Wildman–Crippen LogP) is 3.62. The Hall–Kier alpha value is -2.20. The van der Waals surface area contributed by atoms with Crippen molar-refractivity contribution >= 4 is 17.4 Å². The fourth-order valence-corrected chi connectivity index (χ4v) is 2.06. The first-order valence-corrected chi connectivity index (χ1v) is 6.66. The minimum absolute atomic E-state index is 0.0942. The van der Waals surface area contributed by atoms with E-state index in [2.05, 4.69) is 0 Å². The average Bonchev–Trinajstić information content (AvgIpc) is 2.52. The smallest absolute Gasteiger partial charge is 0.200 e. The number of Topliss-reactive ketones (excluding diaryl/α,β-unsaturated/α-hetero) is 1. The Morgan fingerprint density at radius 3 is 2.29 bits per heavy atom. The lowest BCUT2D eigenvalue weighted by atomic mass is 10.1. The zero-order chi connectivity index (χ0) is 15.2. The summed E-state index contributed by atoms with van der Waals surface area (Å²) in [5.41, 5.74) is 0.468. The van der Waals surface area contributed by atoms with E-state index in [0.717, 1.165) is 0 Å². The van der Waals surface area contributed by atoms with E-state index in [9.17, 15) is 4.79 Å². The maximum absolute atomic E-state index is 12.1. The zero-order valence-corrected chi connectivity index (χ0v) is 12.5. The molecule has 0 saturated heterocycles. The average molecular weight is 307 g/mol. The van der Waals surface area contributed by atoms with Crippen molar-refractivity contribution in [1.82, 2.24) is 0 Å². The summed E-state index contributed by atoms with van der Waals surface area (Å²) in [5.74, 6) is 1.45. The second kappa shape index (κ2) is 6.99. The van der Waals surface area contributed by atoms with Crippen molar-refractivity contribution in [2.24, 2.45) is 0 Å². The highest BCUT2D eigenvalue weighted by Gasteiger charge is 2.11. The maximum Gasteiger partial charge on any atom is 0.200 e. The summed E-state index contributed by atoms with van der Waals surface area (Å²) in [4.78, 5) is 12.1. The van der Waals surface area contributed by atoms with Crippen molar-refractivity contribution < 1.29 is 19.0 Å². The monoisotopic (exact) mass is 306 g/mol. The summed E-state index contributed by atoms with van der Waals surface area (Å²) in [6.07, 6.45) is 0. The number of carbonyl (C=O) groups excluding carboxylic acids is 1. The van der Waals surface area contributed by atoms with E-state index in [4.69, 9.17) is 25.8 Å². The summed E-state index contributed by atoms with van der Waals surface area (Å²) in [6.45, 7) is -0.0942. The largest absolute Gasteiger partial charge is 0.495 e. The highest BCUT2D eigenvalue weighted by atomic mass is 35.5. The van der Waals surface area contributed by atoms with Crippen LogP contribution in [-0.2, 0) is 0 Å². The van der Waals surface area contributed by atoms with Gasteiger partial charge < -0.3 is 14.2 Å². The Bertz CT molecular complexity index is 640. The van der Waals surface area contributed by atoms with Crippen LogP contribution in [-0.4, -0.2) is 26.6 Å². The Morgan fingerprint density at radius 1 is 1.00 bits per heavy atom. The van der Waals surface area contributed by atoms with Gasteiger partial charge in [0.25, 0.3) is 0 Å². The Kier molecular flexibility index (Phi) is 5.06. The lowest BCUT2D eigenvalue weighted by Crippen LogP contribution is -2.12. The van der Waals surface area contributed by atoms with Crippen LogP contribution in [0.15, 0.2) is 42.5 Å². The molecule has 110 valence electrons. The van der Waals surface area contributed by atoms with E-state index >= 15 is 0 Å². The van der Waals surface area contributed by atoms with E-state index in [-0.39, 0.29) is 12.4 Å². The van der Waals surface area contributed by atoms with E-state index in [1.807, 2.05) is 12.1 Å². The van der Waals surface area contributed by atoms with Gasteiger partial charge in [-0.15, -0.1) is 0 Å². The molecule has 0 aliphatic rings. The number of carbonyl (C=O) groups is 1. The molecular formula is C16H15ClO4. The predicted molar refractivity (Wildman–Crippen MR) is 80.8 cm³/mol. The molecule has 0 radical (unpaired) electrons. The lowest BCUT2D eigenvalue weighted by Gasteiger charge is -2.10. The van der Waals surface area contributed by atoms with E-state index < -0.39 is 0 Å². The van der Waals surface area contributed by atoms with Crippen LogP contribution in [0.3, 0.4) is 0 Å². The molecule has 0 atom stereocenters. The number of rotatable bonds is 6. The first kappa shape index (κ1) is 15.2. The molecule has 0 aromatic heterocycles. The summed E-state index contributed by atoms with van der Waals surface area (Å²) in [5, 5.41) is 0.389. The third-order valence-corrected chi connectivity index (χ3v) is 3.20. The van der Waals surface area contributed by atoms with Crippen molar-refractivity contribution in [2.45, 2.75) is 0 Å². The van der Waals surface area contributed by atoms with E-state index in [1.165, 1.54) is 7.11 Å².